The highest BCUT2D eigenvalue weighted by molar-refractivity contribution is 9.10. The third-order valence-corrected chi connectivity index (χ3v) is 3.16. The van der Waals surface area contributed by atoms with Crippen LogP contribution in [0.15, 0.2) is 29.0 Å². The fourth-order valence-corrected chi connectivity index (χ4v) is 1.44. The number of rotatable bonds is 3. The molecule has 1 aromatic rings. The topological polar surface area (TPSA) is 7.12 Å². The van der Waals surface area contributed by atoms with E-state index >= 15 is 0 Å². The normalized spacial score (nSPS) is 9.12. The van der Waals surface area contributed by atoms with Gasteiger partial charge in [0, 0.05) is 28.1 Å². The summed E-state index contributed by atoms with van der Waals surface area (Å²) in [6, 6.07) is 5.98. The van der Waals surface area contributed by atoms with E-state index in [0.717, 1.165) is 4.60 Å². The first-order valence-corrected chi connectivity index (χ1v) is 6.27. The van der Waals surface area contributed by atoms with Crippen LogP contribution >= 0.6 is 15.9 Å². The third kappa shape index (κ3) is 8.47. The van der Waals surface area contributed by atoms with Crippen LogP contribution in [0.1, 0.15) is 20.8 Å². The molecule has 0 aliphatic carbocycles. The molecule has 1 heterocycles. The van der Waals surface area contributed by atoms with Crippen molar-refractivity contribution in [2.24, 2.45) is 7.05 Å². The molecule has 16 heavy (non-hydrogen) atoms. The molecule has 0 unspecified atom stereocenters. The van der Waals surface area contributed by atoms with Crippen LogP contribution < -0.4 is 28.5 Å². The van der Waals surface area contributed by atoms with Crippen LogP contribution in [0.2, 0.25) is 0 Å². The second-order valence-corrected chi connectivity index (χ2v) is 4.07. The van der Waals surface area contributed by atoms with Crippen molar-refractivity contribution in [1.29, 1.82) is 0 Å². The van der Waals surface area contributed by atoms with Crippen molar-refractivity contribution in [3.05, 3.63) is 29.0 Å². The molecule has 0 amide bonds. The Morgan fingerprint density at radius 3 is 1.81 bits per heavy atom. The van der Waals surface area contributed by atoms with Crippen LogP contribution in [0, 0.1) is 0 Å². The minimum absolute atomic E-state index is 0. The molecule has 0 radical (unpaired) electrons. The zero-order valence-corrected chi connectivity index (χ0v) is 14.3. The Morgan fingerprint density at radius 1 is 1.12 bits per heavy atom. The number of aromatic nitrogens is 1. The van der Waals surface area contributed by atoms with Gasteiger partial charge in [-0.1, -0.05) is 20.8 Å². The summed E-state index contributed by atoms with van der Waals surface area (Å²) >= 11 is 3.36. The number of hydrogen-bond donors (Lipinski definition) is 0. The summed E-state index contributed by atoms with van der Waals surface area (Å²) in [5.74, 6) is 0. The molecule has 0 saturated carbocycles. The summed E-state index contributed by atoms with van der Waals surface area (Å²) in [5.41, 5.74) is 0. The summed E-state index contributed by atoms with van der Waals surface area (Å²) in [6.45, 7) is 10.1. The van der Waals surface area contributed by atoms with Crippen molar-refractivity contribution >= 4 is 15.9 Å². The molecule has 0 spiro atoms. The summed E-state index contributed by atoms with van der Waals surface area (Å²) in [5, 5.41) is 0. The first-order valence-electron chi connectivity index (χ1n) is 5.48. The number of halogens is 2. The molecule has 1 rings (SSSR count). The molecule has 0 bridgehead atoms. The van der Waals surface area contributed by atoms with E-state index in [9.17, 15) is 0 Å². The lowest BCUT2D eigenvalue weighted by Gasteiger charge is -2.13. The van der Waals surface area contributed by atoms with Gasteiger partial charge >= 0.3 is 0 Å². The van der Waals surface area contributed by atoms with E-state index in [2.05, 4.69) is 41.6 Å². The van der Waals surface area contributed by atoms with Crippen molar-refractivity contribution in [3.8, 4) is 0 Å². The predicted octanol–water partition coefficient (Wildman–Crippen LogP) is -0.374. The summed E-state index contributed by atoms with van der Waals surface area (Å²) in [6.07, 6.45) is 1.99. The number of aryl methyl sites for hydroxylation is 1. The SMILES string of the molecule is CCN(CC)CC.C[n+]1ccccc1Br.[I-]. The van der Waals surface area contributed by atoms with Crippen LogP contribution in [-0.2, 0) is 7.05 Å². The highest BCUT2D eigenvalue weighted by Crippen LogP contribution is 1.97. The number of pyridine rings is 1. The molecule has 0 aromatic carbocycles. The smallest absolute Gasteiger partial charge is 0.247 e. The first kappa shape index (κ1) is 18.7. The lowest BCUT2D eigenvalue weighted by Crippen LogP contribution is -3.00. The van der Waals surface area contributed by atoms with Gasteiger partial charge in [-0.05, 0) is 25.7 Å². The van der Waals surface area contributed by atoms with E-state index in [1.54, 1.807) is 0 Å². The molecule has 0 atom stereocenters. The van der Waals surface area contributed by atoms with Gasteiger partial charge in [0.25, 0.3) is 0 Å². The minimum Gasteiger partial charge on any atom is -1.00 e. The van der Waals surface area contributed by atoms with Crippen molar-refractivity contribution in [1.82, 2.24) is 4.90 Å². The first-order chi connectivity index (χ1) is 7.15. The van der Waals surface area contributed by atoms with E-state index in [1.807, 2.05) is 36.0 Å². The minimum atomic E-state index is 0. The molecule has 4 heteroatoms. The second-order valence-electron chi connectivity index (χ2n) is 3.25. The number of nitrogens with zero attached hydrogens (tertiary/aromatic N) is 2. The largest absolute Gasteiger partial charge is 1.00 e. The highest BCUT2D eigenvalue weighted by Gasteiger charge is 1.94. The van der Waals surface area contributed by atoms with Gasteiger partial charge in [-0.25, -0.2) is 0 Å². The zero-order valence-electron chi connectivity index (χ0n) is 10.6. The number of hydrogen-bond acceptors (Lipinski definition) is 1. The lowest BCUT2D eigenvalue weighted by atomic mass is 10.5. The van der Waals surface area contributed by atoms with Crippen LogP contribution in [0.25, 0.3) is 0 Å². The van der Waals surface area contributed by atoms with Gasteiger partial charge in [0.1, 0.15) is 7.05 Å². The quantitative estimate of drug-likeness (QED) is 0.381. The Bertz CT molecular complexity index is 238. The van der Waals surface area contributed by atoms with Crippen molar-refractivity contribution < 1.29 is 28.5 Å². The monoisotopic (exact) mass is 400 g/mol. The summed E-state index contributed by atoms with van der Waals surface area (Å²) in [4.78, 5) is 2.38. The second kappa shape index (κ2) is 11.8. The molecule has 1 aromatic heterocycles. The van der Waals surface area contributed by atoms with E-state index in [0.29, 0.717) is 0 Å². The standard InChI is InChI=1S/C6H7BrN.C6H15N.HI/c1-8-5-3-2-4-6(8)7;1-4-7(5-2)6-3;/h2-5H,1H3;4-6H2,1-3H3;1H/q+1;;/p-1. The van der Waals surface area contributed by atoms with Gasteiger partial charge in [-0.15, -0.1) is 0 Å². The average molecular weight is 401 g/mol. The van der Waals surface area contributed by atoms with Gasteiger partial charge in [-0.3, -0.25) is 0 Å². The average Bonchev–Trinajstić information content (AvgIpc) is 2.26. The Morgan fingerprint density at radius 2 is 1.62 bits per heavy atom. The maximum Gasteiger partial charge on any atom is 0.247 e. The fourth-order valence-electron chi connectivity index (χ4n) is 1.17. The fraction of sp³-hybridized carbons (Fsp3) is 0.583. The van der Waals surface area contributed by atoms with E-state index in [1.165, 1.54) is 19.6 Å². The molecule has 0 fully saturated rings. The maximum atomic E-state index is 3.36. The molecule has 0 N–H and O–H groups in total. The van der Waals surface area contributed by atoms with Gasteiger partial charge < -0.3 is 28.9 Å². The van der Waals surface area contributed by atoms with Crippen LogP contribution in [0.3, 0.4) is 0 Å². The molecule has 0 saturated heterocycles. The predicted molar refractivity (Wildman–Crippen MR) is 68.8 cm³/mol. The molecule has 2 nitrogen and oxygen atoms in total. The van der Waals surface area contributed by atoms with Crippen LogP contribution in [0.5, 0.6) is 0 Å². The van der Waals surface area contributed by atoms with Crippen molar-refractivity contribution in [2.45, 2.75) is 20.8 Å². The molecule has 0 aliphatic rings. The van der Waals surface area contributed by atoms with Crippen molar-refractivity contribution in [2.75, 3.05) is 19.6 Å². The van der Waals surface area contributed by atoms with E-state index in [4.69, 9.17) is 0 Å². The lowest BCUT2D eigenvalue weighted by molar-refractivity contribution is -0.682. The molecule has 94 valence electrons. The maximum absolute atomic E-state index is 3.36. The van der Waals surface area contributed by atoms with Crippen LogP contribution in [-0.4, -0.2) is 24.5 Å². The molecular formula is C12H22BrIN2. The van der Waals surface area contributed by atoms with E-state index in [-0.39, 0.29) is 24.0 Å². The zero-order chi connectivity index (χ0) is 11.7. The van der Waals surface area contributed by atoms with Crippen molar-refractivity contribution in [3.63, 3.8) is 0 Å². The van der Waals surface area contributed by atoms with Gasteiger partial charge in [0.15, 0.2) is 6.20 Å². The Hall–Kier alpha value is 0.320. The van der Waals surface area contributed by atoms with Gasteiger partial charge in [0.2, 0.25) is 4.60 Å². The summed E-state index contributed by atoms with van der Waals surface area (Å²) in [7, 11) is 1.99. The van der Waals surface area contributed by atoms with Gasteiger partial charge in [0.05, 0.1) is 0 Å². The highest BCUT2D eigenvalue weighted by atomic mass is 127. The molecular weight excluding hydrogens is 379 g/mol. The Kier molecular flexibility index (Phi) is 13.8. The van der Waals surface area contributed by atoms with Gasteiger partial charge in [-0.2, -0.15) is 4.57 Å². The third-order valence-electron chi connectivity index (χ3n) is 2.33. The molecule has 0 aliphatic heterocycles. The Balaban J connectivity index is 0. The summed E-state index contributed by atoms with van der Waals surface area (Å²) < 4.78 is 3.10. The van der Waals surface area contributed by atoms with Crippen LogP contribution in [0.4, 0.5) is 0 Å². The Labute approximate surface area is 125 Å². The van der Waals surface area contributed by atoms with E-state index < -0.39 is 0 Å².